The summed E-state index contributed by atoms with van der Waals surface area (Å²) in [6.45, 7) is 9.67. The lowest BCUT2D eigenvalue weighted by molar-refractivity contribution is -0.115. The Labute approximate surface area is 110 Å². The Morgan fingerprint density at radius 3 is 2.61 bits per heavy atom. The Morgan fingerprint density at radius 1 is 1.28 bits per heavy atom. The highest BCUT2D eigenvalue weighted by molar-refractivity contribution is 5.92. The van der Waals surface area contributed by atoms with E-state index in [-0.39, 0.29) is 5.91 Å². The SMILES string of the molecule is Cc1ccc(NC(=O)CNCCC(C)C)c(C)c1. The first kappa shape index (κ1) is 14.7. The van der Waals surface area contributed by atoms with Gasteiger partial charge in [-0.1, -0.05) is 31.5 Å². The van der Waals surface area contributed by atoms with Crippen LogP contribution in [0, 0.1) is 19.8 Å². The number of amides is 1. The predicted molar refractivity (Wildman–Crippen MR) is 76.9 cm³/mol. The van der Waals surface area contributed by atoms with Gasteiger partial charge in [-0.15, -0.1) is 0 Å². The van der Waals surface area contributed by atoms with Crippen LogP contribution in [0.15, 0.2) is 18.2 Å². The molecule has 0 spiro atoms. The second-order valence-corrected chi connectivity index (χ2v) is 5.23. The van der Waals surface area contributed by atoms with E-state index in [4.69, 9.17) is 0 Å². The number of hydrogen-bond acceptors (Lipinski definition) is 2. The van der Waals surface area contributed by atoms with Crippen molar-refractivity contribution in [1.82, 2.24) is 5.32 Å². The van der Waals surface area contributed by atoms with Crippen molar-refractivity contribution in [2.45, 2.75) is 34.1 Å². The third kappa shape index (κ3) is 5.32. The molecule has 0 heterocycles. The first-order valence-corrected chi connectivity index (χ1v) is 6.57. The number of carbonyl (C=O) groups excluding carboxylic acids is 1. The summed E-state index contributed by atoms with van der Waals surface area (Å²) in [6.07, 6.45) is 1.09. The molecule has 0 aliphatic carbocycles. The molecule has 0 atom stereocenters. The summed E-state index contributed by atoms with van der Waals surface area (Å²) < 4.78 is 0. The Kier molecular flexibility index (Phi) is 5.86. The van der Waals surface area contributed by atoms with Gasteiger partial charge in [0.2, 0.25) is 5.91 Å². The molecule has 0 aliphatic rings. The van der Waals surface area contributed by atoms with Crippen LogP contribution in [0.25, 0.3) is 0 Å². The summed E-state index contributed by atoms with van der Waals surface area (Å²) in [6, 6.07) is 6.04. The van der Waals surface area contributed by atoms with Crippen LogP contribution in [0.1, 0.15) is 31.4 Å². The number of aryl methyl sites for hydroxylation is 2. The highest BCUT2D eigenvalue weighted by atomic mass is 16.1. The molecule has 100 valence electrons. The van der Waals surface area contributed by atoms with E-state index in [0.29, 0.717) is 12.5 Å². The molecule has 0 aliphatic heterocycles. The topological polar surface area (TPSA) is 41.1 Å². The number of anilines is 1. The molecule has 1 rings (SSSR count). The first-order valence-electron chi connectivity index (χ1n) is 6.57. The lowest BCUT2D eigenvalue weighted by atomic mass is 10.1. The Hall–Kier alpha value is -1.35. The van der Waals surface area contributed by atoms with Crippen LogP contribution < -0.4 is 10.6 Å². The van der Waals surface area contributed by atoms with Crippen molar-refractivity contribution in [3.05, 3.63) is 29.3 Å². The molecular weight excluding hydrogens is 224 g/mol. The minimum atomic E-state index is 0.0192. The van der Waals surface area contributed by atoms with Gasteiger partial charge in [0.25, 0.3) is 0 Å². The fraction of sp³-hybridized carbons (Fsp3) is 0.533. The van der Waals surface area contributed by atoms with Crippen LogP contribution in [0.2, 0.25) is 0 Å². The van der Waals surface area contributed by atoms with Gasteiger partial charge in [0, 0.05) is 5.69 Å². The second kappa shape index (κ2) is 7.17. The summed E-state index contributed by atoms with van der Waals surface area (Å²) in [5.74, 6) is 0.686. The lowest BCUT2D eigenvalue weighted by Crippen LogP contribution is -2.29. The molecule has 2 N–H and O–H groups in total. The zero-order valence-electron chi connectivity index (χ0n) is 11.8. The standard InChI is InChI=1S/C15H24N2O/c1-11(2)7-8-16-10-15(18)17-14-6-5-12(3)9-13(14)4/h5-6,9,11,16H,7-8,10H2,1-4H3,(H,17,18). The lowest BCUT2D eigenvalue weighted by Gasteiger charge is -2.10. The number of benzene rings is 1. The maximum absolute atomic E-state index is 11.7. The highest BCUT2D eigenvalue weighted by Crippen LogP contribution is 2.15. The molecule has 0 radical (unpaired) electrons. The van der Waals surface area contributed by atoms with Gasteiger partial charge in [-0.2, -0.15) is 0 Å². The van der Waals surface area contributed by atoms with Crippen molar-refractivity contribution < 1.29 is 4.79 Å². The van der Waals surface area contributed by atoms with Gasteiger partial charge in [-0.3, -0.25) is 4.79 Å². The molecule has 0 fully saturated rings. The van der Waals surface area contributed by atoms with E-state index in [0.717, 1.165) is 24.2 Å². The number of nitrogens with one attached hydrogen (secondary N) is 2. The van der Waals surface area contributed by atoms with E-state index in [9.17, 15) is 4.79 Å². The van der Waals surface area contributed by atoms with Crippen molar-refractivity contribution in [2.24, 2.45) is 5.92 Å². The third-order valence-corrected chi connectivity index (χ3v) is 2.84. The predicted octanol–water partition coefficient (Wildman–Crippen LogP) is 2.88. The van der Waals surface area contributed by atoms with Crippen LogP contribution in [-0.2, 0) is 4.79 Å². The van der Waals surface area contributed by atoms with Crippen LogP contribution >= 0.6 is 0 Å². The van der Waals surface area contributed by atoms with E-state index < -0.39 is 0 Å². The Morgan fingerprint density at radius 2 is 2.00 bits per heavy atom. The van der Waals surface area contributed by atoms with E-state index in [1.54, 1.807) is 0 Å². The van der Waals surface area contributed by atoms with Gasteiger partial charge in [0.05, 0.1) is 6.54 Å². The van der Waals surface area contributed by atoms with Crippen molar-refractivity contribution in [2.75, 3.05) is 18.4 Å². The van der Waals surface area contributed by atoms with Gasteiger partial charge < -0.3 is 10.6 Å². The summed E-state index contributed by atoms with van der Waals surface area (Å²) >= 11 is 0. The summed E-state index contributed by atoms with van der Waals surface area (Å²) in [4.78, 5) is 11.7. The molecule has 1 amide bonds. The number of carbonyl (C=O) groups is 1. The minimum absolute atomic E-state index is 0.0192. The maximum Gasteiger partial charge on any atom is 0.238 e. The quantitative estimate of drug-likeness (QED) is 0.760. The normalized spacial score (nSPS) is 10.7. The van der Waals surface area contributed by atoms with Crippen molar-refractivity contribution in [3.63, 3.8) is 0 Å². The summed E-state index contributed by atoms with van der Waals surface area (Å²) in [5.41, 5.74) is 3.21. The van der Waals surface area contributed by atoms with Gasteiger partial charge in [-0.05, 0) is 44.4 Å². The minimum Gasteiger partial charge on any atom is -0.325 e. The van der Waals surface area contributed by atoms with Gasteiger partial charge in [0.15, 0.2) is 0 Å². The molecule has 0 unspecified atom stereocenters. The van der Waals surface area contributed by atoms with Crippen molar-refractivity contribution in [1.29, 1.82) is 0 Å². The van der Waals surface area contributed by atoms with E-state index in [1.807, 2.05) is 26.0 Å². The second-order valence-electron chi connectivity index (χ2n) is 5.23. The summed E-state index contributed by atoms with van der Waals surface area (Å²) in [5, 5.41) is 6.08. The van der Waals surface area contributed by atoms with Gasteiger partial charge >= 0.3 is 0 Å². The van der Waals surface area contributed by atoms with Crippen molar-refractivity contribution >= 4 is 11.6 Å². The van der Waals surface area contributed by atoms with E-state index in [2.05, 4.69) is 30.5 Å². The average Bonchev–Trinajstić information content (AvgIpc) is 2.28. The average molecular weight is 248 g/mol. The Bertz CT molecular complexity index is 399. The number of rotatable bonds is 6. The fourth-order valence-corrected chi connectivity index (χ4v) is 1.74. The third-order valence-electron chi connectivity index (χ3n) is 2.84. The molecule has 1 aromatic carbocycles. The smallest absolute Gasteiger partial charge is 0.238 e. The van der Waals surface area contributed by atoms with E-state index in [1.165, 1.54) is 5.56 Å². The molecular formula is C15H24N2O. The monoisotopic (exact) mass is 248 g/mol. The molecule has 0 saturated heterocycles. The molecule has 3 heteroatoms. The van der Waals surface area contributed by atoms with E-state index >= 15 is 0 Å². The molecule has 1 aromatic rings. The van der Waals surface area contributed by atoms with Crippen LogP contribution in [0.4, 0.5) is 5.69 Å². The Balaban J connectivity index is 2.35. The molecule has 3 nitrogen and oxygen atoms in total. The van der Waals surface area contributed by atoms with Gasteiger partial charge in [-0.25, -0.2) is 0 Å². The zero-order valence-corrected chi connectivity index (χ0v) is 11.8. The largest absolute Gasteiger partial charge is 0.325 e. The fourth-order valence-electron chi connectivity index (χ4n) is 1.74. The van der Waals surface area contributed by atoms with Crippen LogP contribution in [-0.4, -0.2) is 19.0 Å². The summed E-state index contributed by atoms with van der Waals surface area (Å²) in [7, 11) is 0. The van der Waals surface area contributed by atoms with Crippen LogP contribution in [0.5, 0.6) is 0 Å². The molecule has 0 bridgehead atoms. The zero-order chi connectivity index (χ0) is 13.5. The molecule has 0 aromatic heterocycles. The molecule has 0 saturated carbocycles. The highest BCUT2D eigenvalue weighted by Gasteiger charge is 2.04. The van der Waals surface area contributed by atoms with Crippen molar-refractivity contribution in [3.8, 4) is 0 Å². The number of hydrogen-bond donors (Lipinski definition) is 2. The van der Waals surface area contributed by atoms with Gasteiger partial charge in [0.1, 0.15) is 0 Å². The maximum atomic E-state index is 11.7. The molecule has 18 heavy (non-hydrogen) atoms. The first-order chi connectivity index (χ1) is 8.49. The van der Waals surface area contributed by atoms with Crippen LogP contribution in [0.3, 0.4) is 0 Å².